The SMILES string of the molecule is C#CCO[C@@H]1O[C@H](CO[C@]2(C(=O)OC)C[C@H](O)[C@@H](NC(=O)CO)[C@H]([C@H](O)[C@H](O)CNC(=O)Cc3ccc(-c4ccc(O)cc4)cc3)O2)[C@H](O)[C@H](O)[C@H]1O. The molecule has 0 saturated carbocycles. The third kappa shape index (κ3) is 10.3. The Bertz CT molecular complexity index is 1570. The zero-order valence-electron chi connectivity index (χ0n) is 28.6. The van der Waals surface area contributed by atoms with Crippen molar-refractivity contribution >= 4 is 17.8 Å². The number of carbonyl (C=O) groups is 3. The van der Waals surface area contributed by atoms with Crippen LogP contribution in [0.4, 0.5) is 0 Å². The lowest BCUT2D eigenvalue weighted by Crippen LogP contribution is -2.69. The van der Waals surface area contributed by atoms with Gasteiger partial charge in [-0.25, -0.2) is 4.79 Å². The highest BCUT2D eigenvalue weighted by Gasteiger charge is 2.57. The number of nitrogens with one attached hydrogen (secondary N) is 2. The van der Waals surface area contributed by atoms with Crippen molar-refractivity contribution in [1.29, 1.82) is 0 Å². The molecular formula is C35H44N2O16. The molecule has 2 aromatic carbocycles. The van der Waals surface area contributed by atoms with Crippen molar-refractivity contribution in [2.45, 2.75) is 79.8 Å². The van der Waals surface area contributed by atoms with Crippen LogP contribution in [0.25, 0.3) is 11.1 Å². The second-order valence-electron chi connectivity index (χ2n) is 12.5. The van der Waals surface area contributed by atoms with Crippen molar-refractivity contribution in [1.82, 2.24) is 10.6 Å². The summed E-state index contributed by atoms with van der Waals surface area (Å²) in [5.74, 6) is -3.12. The molecule has 2 aromatic rings. The van der Waals surface area contributed by atoms with Gasteiger partial charge in [0.05, 0.1) is 38.4 Å². The van der Waals surface area contributed by atoms with Crippen LogP contribution in [-0.2, 0) is 44.5 Å². The molecule has 0 spiro atoms. The van der Waals surface area contributed by atoms with Gasteiger partial charge in [0, 0.05) is 13.0 Å². The summed E-state index contributed by atoms with van der Waals surface area (Å²) in [6, 6.07) is 12.0. The molecule has 53 heavy (non-hydrogen) atoms. The molecule has 4 rings (SSSR count). The predicted molar refractivity (Wildman–Crippen MR) is 179 cm³/mol. The Balaban J connectivity index is 1.46. The molecule has 11 atom stereocenters. The van der Waals surface area contributed by atoms with Crippen LogP contribution in [0.15, 0.2) is 48.5 Å². The molecule has 0 aliphatic carbocycles. The number of phenols is 1. The number of amides is 2. The third-order valence-corrected chi connectivity index (χ3v) is 8.78. The van der Waals surface area contributed by atoms with E-state index in [0.717, 1.165) is 18.2 Å². The van der Waals surface area contributed by atoms with Crippen molar-refractivity contribution in [2.24, 2.45) is 0 Å². The summed E-state index contributed by atoms with van der Waals surface area (Å²) in [4.78, 5) is 38.1. The lowest BCUT2D eigenvalue weighted by molar-refractivity contribution is -0.338. The van der Waals surface area contributed by atoms with E-state index in [1.54, 1.807) is 48.5 Å². The first-order valence-corrected chi connectivity index (χ1v) is 16.5. The van der Waals surface area contributed by atoms with Crippen molar-refractivity contribution in [2.75, 3.05) is 33.5 Å². The Hall–Kier alpha value is -4.23. The van der Waals surface area contributed by atoms with Crippen molar-refractivity contribution < 1.29 is 78.9 Å². The Morgan fingerprint density at radius 2 is 1.62 bits per heavy atom. The molecule has 2 heterocycles. The molecule has 0 unspecified atom stereocenters. The number of hydrogen-bond acceptors (Lipinski definition) is 16. The number of aromatic hydroxyl groups is 1. The smallest absolute Gasteiger partial charge is 0.366 e. The van der Waals surface area contributed by atoms with Crippen LogP contribution >= 0.6 is 0 Å². The zero-order chi connectivity index (χ0) is 38.9. The highest BCUT2D eigenvalue weighted by Crippen LogP contribution is 2.35. The van der Waals surface area contributed by atoms with Crippen molar-refractivity contribution in [3.05, 3.63) is 54.1 Å². The quantitative estimate of drug-likeness (QED) is 0.0622. The lowest BCUT2D eigenvalue weighted by Gasteiger charge is -2.48. The number of ether oxygens (including phenoxy) is 5. The molecule has 2 aliphatic rings. The number of hydrogen-bond donors (Lipinski definition) is 10. The van der Waals surface area contributed by atoms with Gasteiger partial charge in [-0.1, -0.05) is 42.3 Å². The fraction of sp³-hybridized carbons (Fsp3) is 0.514. The number of esters is 1. The van der Waals surface area contributed by atoms with Crippen LogP contribution in [0.1, 0.15) is 12.0 Å². The summed E-state index contributed by atoms with van der Waals surface area (Å²) >= 11 is 0. The Morgan fingerprint density at radius 1 is 0.981 bits per heavy atom. The minimum Gasteiger partial charge on any atom is -0.508 e. The topological polar surface area (TPSA) is 283 Å². The number of phenolic OH excluding ortho intramolecular Hbond substituents is 1. The second-order valence-corrected chi connectivity index (χ2v) is 12.5. The summed E-state index contributed by atoms with van der Waals surface area (Å²) in [7, 11) is 0.954. The molecule has 18 heteroatoms. The molecule has 0 bridgehead atoms. The van der Waals surface area contributed by atoms with Crippen LogP contribution in [0, 0.1) is 12.3 Å². The molecule has 2 saturated heterocycles. The van der Waals surface area contributed by atoms with Crippen LogP contribution in [0.3, 0.4) is 0 Å². The summed E-state index contributed by atoms with van der Waals surface area (Å²) in [5, 5.41) is 88.1. The van der Waals surface area contributed by atoms with Gasteiger partial charge in [-0.2, -0.15) is 0 Å². The maximum atomic E-state index is 13.2. The standard InChI is InChI=1S/C35H44N2O16/c1-3-12-50-33-31(47)30(46)29(45)24(52-33)17-51-35(34(48)49-2)14-22(40)27(37-26(43)16-38)32(53-35)28(44)23(41)15-36-25(42)13-18-4-6-19(7-5-18)20-8-10-21(39)11-9-20/h1,4-11,22-24,27-33,38-41,44-47H,12-17H2,2H3,(H,36,42)(H,37,43)/t22-,23+,24+,27+,28+,29-,30-,31+,32+,33+,35+/m0/s1. The van der Waals surface area contributed by atoms with E-state index in [-0.39, 0.29) is 18.8 Å². The Morgan fingerprint density at radius 3 is 2.23 bits per heavy atom. The van der Waals surface area contributed by atoms with Gasteiger partial charge in [0.25, 0.3) is 5.79 Å². The minimum absolute atomic E-state index is 0.110. The van der Waals surface area contributed by atoms with Crippen LogP contribution in [0.5, 0.6) is 5.75 Å². The summed E-state index contributed by atoms with van der Waals surface area (Å²) in [6.45, 7) is -2.70. The number of aliphatic hydroxyl groups excluding tert-OH is 7. The van der Waals surface area contributed by atoms with E-state index in [4.69, 9.17) is 30.1 Å². The highest BCUT2D eigenvalue weighted by atomic mass is 16.8. The Labute approximate surface area is 303 Å². The molecule has 2 amide bonds. The minimum atomic E-state index is -2.59. The van der Waals surface area contributed by atoms with Crippen molar-refractivity contribution in [3.8, 4) is 29.2 Å². The first-order valence-electron chi connectivity index (χ1n) is 16.5. The largest absolute Gasteiger partial charge is 0.508 e. The predicted octanol–water partition coefficient (Wildman–Crippen LogP) is -3.59. The summed E-state index contributed by atoms with van der Waals surface area (Å²) in [6.07, 6.45) is -11.5. The molecular weight excluding hydrogens is 704 g/mol. The van der Waals surface area contributed by atoms with E-state index in [2.05, 4.69) is 16.6 Å². The molecule has 18 nitrogen and oxygen atoms in total. The fourth-order valence-corrected chi connectivity index (χ4v) is 5.91. The van der Waals surface area contributed by atoms with E-state index in [9.17, 15) is 55.2 Å². The summed E-state index contributed by atoms with van der Waals surface area (Å²) < 4.78 is 27.1. The van der Waals surface area contributed by atoms with Gasteiger partial charge in [-0.3, -0.25) is 9.59 Å². The first-order chi connectivity index (χ1) is 25.2. The van der Waals surface area contributed by atoms with Gasteiger partial charge in [0.2, 0.25) is 11.8 Å². The second kappa shape index (κ2) is 18.7. The highest BCUT2D eigenvalue weighted by molar-refractivity contribution is 5.80. The molecule has 290 valence electrons. The normalized spacial score (nSPS) is 29.6. The third-order valence-electron chi connectivity index (χ3n) is 8.78. The molecule has 10 N–H and O–H groups in total. The van der Waals surface area contributed by atoms with Crippen LogP contribution in [0.2, 0.25) is 0 Å². The van der Waals surface area contributed by atoms with Gasteiger partial charge >= 0.3 is 5.97 Å². The average molecular weight is 749 g/mol. The molecule has 2 aliphatic heterocycles. The van der Waals surface area contributed by atoms with E-state index in [1.165, 1.54) is 0 Å². The fourth-order valence-electron chi connectivity index (χ4n) is 5.91. The van der Waals surface area contributed by atoms with Gasteiger partial charge < -0.3 is 75.2 Å². The van der Waals surface area contributed by atoms with Gasteiger partial charge in [-0.05, 0) is 28.8 Å². The van der Waals surface area contributed by atoms with Crippen molar-refractivity contribution in [3.63, 3.8) is 0 Å². The lowest BCUT2D eigenvalue weighted by atomic mass is 9.88. The first kappa shape index (κ1) is 41.5. The maximum Gasteiger partial charge on any atom is 0.366 e. The number of methoxy groups -OCH3 is 1. The molecule has 0 aromatic heterocycles. The summed E-state index contributed by atoms with van der Waals surface area (Å²) in [5.41, 5.74) is 2.31. The molecule has 2 fully saturated rings. The number of aliphatic hydroxyl groups is 7. The van der Waals surface area contributed by atoms with E-state index >= 15 is 0 Å². The zero-order valence-corrected chi connectivity index (χ0v) is 28.6. The monoisotopic (exact) mass is 748 g/mol. The number of carbonyl (C=O) groups excluding carboxylic acids is 3. The van der Waals surface area contributed by atoms with Crippen LogP contribution < -0.4 is 10.6 Å². The van der Waals surface area contributed by atoms with Gasteiger partial charge in [0.15, 0.2) is 6.29 Å². The maximum absolute atomic E-state index is 13.2. The van der Waals surface area contributed by atoms with E-state index < -0.39 is 111 Å². The number of benzene rings is 2. The van der Waals surface area contributed by atoms with E-state index in [1.807, 2.05) is 0 Å². The number of rotatable bonds is 15. The van der Waals surface area contributed by atoms with Gasteiger partial charge in [-0.15, -0.1) is 6.42 Å². The number of terminal acetylenes is 1. The van der Waals surface area contributed by atoms with E-state index in [0.29, 0.717) is 5.56 Å². The Kier molecular flexibility index (Phi) is 14.6. The van der Waals surface area contributed by atoms with Crippen LogP contribution in [-0.4, -0.2) is 159 Å². The van der Waals surface area contributed by atoms with Gasteiger partial charge in [0.1, 0.15) is 55.6 Å². The molecule has 0 radical (unpaired) electrons. The average Bonchev–Trinajstić information content (AvgIpc) is 3.16.